The fraction of sp³-hybridized carbons (Fsp3) is 0.462. The molecule has 2 aliphatic rings. The summed E-state index contributed by atoms with van der Waals surface area (Å²) in [6, 6.07) is 2.74. The monoisotopic (exact) mass is 650 g/mol. The predicted molar refractivity (Wildman–Crippen MR) is 148 cm³/mol. The quantitative estimate of drug-likeness (QED) is 0.130. The Morgan fingerprint density at radius 3 is 1.42 bits per heavy atom. The van der Waals surface area contributed by atoms with Crippen molar-refractivity contribution in [3.05, 3.63) is 60.7 Å². The number of aromatic nitrogens is 8. The molecule has 6 rings (SSSR count). The van der Waals surface area contributed by atoms with Crippen LogP contribution in [0.3, 0.4) is 0 Å². The third-order valence-electron chi connectivity index (χ3n) is 7.58. The molecule has 0 amide bonds. The zero-order chi connectivity index (χ0) is 31.8. The lowest BCUT2D eigenvalue weighted by atomic mass is 9.97. The highest BCUT2D eigenvalue weighted by molar-refractivity contribution is 8.00. The second kappa shape index (κ2) is 13.1. The summed E-state index contributed by atoms with van der Waals surface area (Å²) in [6.07, 6.45) is -3.58. The van der Waals surface area contributed by atoms with Gasteiger partial charge in [-0.3, -0.25) is 9.97 Å². The van der Waals surface area contributed by atoms with Crippen molar-refractivity contribution in [3.8, 4) is 22.8 Å². The summed E-state index contributed by atoms with van der Waals surface area (Å²) in [6.45, 7) is -1.29. The van der Waals surface area contributed by atoms with Crippen LogP contribution in [0.15, 0.2) is 49.1 Å². The zero-order valence-electron chi connectivity index (χ0n) is 23.0. The number of thioether (sulfide) groups is 1. The minimum Gasteiger partial charge on any atom is -0.394 e. The number of halogens is 2. The van der Waals surface area contributed by atoms with Crippen molar-refractivity contribution < 1.29 is 48.9 Å². The fourth-order valence-corrected chi connectivity index (χ4v) is 6.57. The van der Waals surface area contributed by atoms with Crippen LogP contribution < -0.4 is 0 Å². The first kappa shape index (κ1) is 31.5. The second-order valence-electron chi connectivity index (χ2n) is 10.4. The number of aliphatic hydroxyl groups is 6. The molecule has 0 bridgehead atoms. The third kappa shape index (κ3) is 6.18. The zero-order valence-corrected chi connectivity index (χ0v) is 23.9. The van der Waals surface area contributed by atoms with E-state index in [2.05, 4.69) is 30.6 Å². The lowest BCUT2D eigenvalue weighted by molar-refractivity contribution is -0.189. The lowest BCUT2D eigenvalue weighted by Gasteiger charge is -2.46. The lowest BCUT2D eigenvalue weighted by Crippen LogP contribution is -2.58. The molecule has 0 saturated carbocycles. The highest BCUT2D eigenvalue weighted by atomic mass is 32.2. The average molecular weight is 651 g/mol. The van der Waals surface area contributed by atoms with Crippen molar-refractivity contribution in [1.29, 1.82) is 0 Å². The van der Waals surface area contributed by atoms with Crippen LogP contribution in [0.5, 0.6) is 0 Å². The number of pyridine rings is 2. The number of rotatable bonds is 8. The van der Waals surface area contributed by atoms with Crippen molar-refractivity contribution in [1.82, 2.24) is 40.0 Å². The Bertz CT molecular complexity index is 1470. The van der Waals surface area contributed by atoms with Crippen molar-refractivity contribution in [2.45, 2.75) is 59.6 Å². The Balaban J connectivity index is 1.24. The summed E-state index contributed by atoms with van der Waals surface area (Å²) in [4.78, 5) is 7.90. The van der Waals surface area contributed by atoms with Crippen LogP contribution in [0.2, 0.25) is 0 Å². The molecule has 4 aromatic heterocycles. The van der Waals surface area contributed by atoms with Crippen molar-refractivity contribution in [2.24, 2.45) is 0 Å². The summed E-state index contributed by atoms with van der Waals surface area (Å²) in [7, 11) is 0. The van der Waals surface area contributed by atoms with E-state index >= 15 is 0 Å². The van der Waals surface area contributed by atoms with E-state index in [0.29, 0.717) is 0 Å². The summed E-state index contributed by atoms with van der Waals surface area (Å²) < 4.78 is 40.6. The first-order valence-electron chi connectivity index (χ1n) is 13.7. The van der Waals surface area contributed by atoms with Gasteiger partial charge in [-0.25, -0.2) is 18.1 Å². The molecule has 0 aromatic carbocycles. The van der Waals surface area contributed by atoms with E-state index in [9.17, 15) is 39.4 Å². The van der Waals surface area contributed by atoms with Gasteiger partial charge in [0.25, 0.3) is 0 Å². The molecule has 45 heavy (non-hydrogen) atoms. The van der Waals surface area contributed by atoms with Gasteiger partial charge in [-0.05, 0) is 24.3 Å². The van der Waals surface area contributed by atoms with Crippen LogP contribution in [-0.2, 0) is 9.47 Å². The van der Waals surface area contributed by atoms with Crippen molar-refractivity contribution in [3.63, 3.8) is 0 Å². The molecule has 0 spiro atoms. The average Bonchev–Trinajstić information content (AvgIpc) is 3.72. The maximum absolute atomic E-state index is 13.3. The maximum Gasteiger partial charge on any atom is 0.141 e. The fourth-order valence-electron chi connectivity index (χ4n) is 5.25. The van der Waals surface area contributed by atoms with E-state index in [4.69, 9.17) is 9.47 Å². The van der Waals surface area contributed by atoms with Gasteiger partial charge in [0.2, 0.25) is 0 Å². The predicted octanol–water partition coefficient (Wildman–Crippen LogP) is -1.33. The van der Waals surface area contributed by atoms with Crippen LogP contribution >= 0.6 is 11.8 Å². The van der Waals surface area contributed by atoms with Gasteiger partial charge in [0.15, 0.2) is 0 Å². The number of aliphatic hydroxyl groups excluding tert-OH is 6. The topological polar surface area (TPSA) is 227 Å². The van der Waals surface area contributed by atoms with E-state index in [0.717, 1.165) is 24.2 Å². The molecule has 6 N–H and O–H groups in total. The van der Waals surface area contributed by atoms with Crippen LogP contribution in [0.4, 0.5) is 8.78 Å². The van der Waals surface area contributed by atoms with Gasteiger partial charge >= 0.3 is 0 Å². The smallest absolute Gasteiger partial charge is 0.141 e. The van der Waals surface area contributed by atoms with Gasteiger partial charge in [-0.1, -0.05) is 22.2 Å². The SMILES string of the molecule is OCC1OC(S[C@@H]2O[C@H](CO)C(O)C(n3cc(-c4ccc(F)cn4)nn3)C2O)[C@@H](O)C(n2cc(-c3ccc(F)cn3)nn2)C1O. The van der Waals surface area contributed by atoms with E-state index in [1.54, 1.807) is 0 Å². The standard InChI is InChI=1S/C26H28F2N8O8S/c27-11-1-3-13(29-5-11)15-7-35(33-31-15)19-21(39)17(9-37)43-25(23(19)41)45-26-24(42)20(22(40)18(10-38)44-26)36-8-16(32-34-36)14-4-2-12(28)6-30-14/h1-8,17-26,37-42H,9-10H2/t17-,18?,19?,20?,21?,22?,23?,24+,25+,26?/m1/s1. The van der Waals surface area contributed by atoms with E-state index in [1.807, 2.05) is 0 Å². The number of ether oxygens (including phenoxy) is 2. The minimum atomic E-state index is -1.51. The largest absolute Gasteiger partial charge is 0.394 e. The number of hydrogen-bond acceptors (Lipinski definition) is 15. The van der Waals surface area contributed by atoms with Gasteiger partial charge in [0.1, 0.15) is 82.6 Å². The first-order valence-corrected chi connectivity index (χ1v) is 14.6. The van der Waals surface area contributed by atoms with Gasteiger partial charge in [0.05, 0.1) is 49.4 Å². The Morgan fingerprint density at radius 1 is 0.644 bits per heavy atom. The molecule has 19 heteroatoms. The third-order valence-corrected chi connectivity index (χ3v) is 8.89. The molecule has 6 heterocycles. The Labute approximate surface area is 256 Å². The van der Waals surface area contributed by atoms with Crippen LogP contribution in [0, 0.1) is 11.6 Å². The van der Waals surface area contributed by atoms with Crippen LogP contribution in [-0.4, -0.2) is 131 Å². The molecule has 10 atom stereocenters. The summed E-state index contributed by atoms with van der Waals surface area (Å²) in [5, 5.41) is 80.6. The molecule has 2 fully saturated rings. The van der Waals surface area contributed by atoms with Crippen LogP contribution in [0.1, 0.15) is 12.1 Å². The highest BCUT2D eigenvalue weighted by Gasteiger charge is 2.51. The molecule has 16 nitrogen and oxygen atoms in total. The molecular formula is C26H28F2N8O8S. The molecule has 240 valence electrons. The Kier molecular flexibility index (Phi) is 9.13. The van der Waals surface area contributed by atoms with E-state index < -0.39 is 84.4 Å². The van der Waals surface area contributed by atoms with Crippen LogP contribution in [0.25, 0.3) is 22.8 Å². The van der Waals surface area contributed by atoms with Gasteiger partial charge in [0, 0.05) is 0 Å². The summed E-state index contributed by atoms with van der Waals surface area (Å²) >= 11 is 0.786. The van der Waals surface area contributed by atoms with Crippen molar-refractivity contribution >= 4 is 11.8 Å². The highest BCUT2D eigenvalue weighted by Crippen LogP contribution is 2.42. The van der Waals surface area contributed by atoms with E-state index in [-0.39, 0.29) is 22.8 Å². The first-order chi connectivity index (χ1) is 21.7. The normalized spacial score (nSPS) is 32.1. The van der Waals surface area contributed by atoms with Gasteiger partial charge in [-0.2, -0.15) is 0 Å². The Morgan fingerprint density at radius 2 is 1.07 bits per heavy atom. The molecular weight excluding hydrogens is 622 g/mol. The molecule has 0 radical (unpaired) electrons. The van der Waals surface area contributed by atoms with Gasteiger partial charge in [-0.15, -0.1) is 10.2 Å². The molecule has 4 aromatic rings. The molecule has 2 aliphatic heterocycles. The molecule has 2 saturated heterocycles. The van der Waals surface area contributed by atoms with Gasteiger partial charge < -0.3 is 40.1 Å². The Hall–Kier alpha value is -3.53. The minimum absolute atomic E-state index is 0.224. The summed E-state index contributed by atoms with van der Waals surface area (Å²) in [5.74, 6) is -1.10. The maximum atomic E-state index is 13.3. The van der Waals surface area contributed by atoms with E-state index in [1.165, 1.54) is 46.0 Å². The number of hydrogen-bond donors (Lipinski definition) is 6. The second-order valence-corrected chi connectivity index (χ2v) is 11.6. The van der Waals surface area contributed by atoms with Crippen molar-refractivity contribution in [2.75, 3.05) is 13.2 Å². The summed E-state index contributed by atoms with van der Waals surface area (Å²) in [5.41, 5.74) is -1.46. The molecule has 7 unspecified atom stereocenters. The molecule has 0 aliphatic carbocycles. The number of nitrogens with zero attached hydrogens (tertiary/aromatic N) is 8.